The fourth-order valence-corrected chi connectivity index (χ4v) is 1.56. The number of carboxylic acid groups (broad SMARTS) is 1. The van der Waals surface area contributed by atoms with E-state index in [1.807, 2.05) is 13.8 Å². The lowest BCUT2D eigenvalue weighted by Crippen LogP contribution is -2.44. The molecule has 1 unspecified atom stereocenters. The predicted octanol–water partition coefficient (Wildman–Crippen LogP) is 1.71. The number of amides is 1. The number of aliphatic carboxylic acids is 1. The maximum Gasteiger partial charge on any atom is 0.326 e. The monoisotopic (exact) mass is 280 g/mol. The maximum atomic E-state index is 11.9. The first-order valence-electron chi connectivity index (χ1n) is 6.47. The van der Waals surface area contributed by atoms with Gasteiger partial charge in [0.25, 0.3) is 5.91 Å². The molecule has 0 saturated carbocycles. The average molecular weight is 280 g/mol. The summed E-state index contributed by atoms with van der Waals surface area (Å²) in [7, 11) is 0. The molecule has 6 heteroatoms. The number of carbonyl (C=O) groups excluding carboxylic acids is 1. The van der Waals surface area contributed by atoms with Gasteiger partial charge in [-0.05, 0) is 25.8 Å². The van der Waals surface area contributed by atoms with Crippen LogP contribution in [0.25, 0.3) is 0 Å². The van der Waals surface area contributed by atoms with Gasteiger partial charge in [-0.2, -0.15) is 0 Å². The second-order valence-electron chi connectivity index (χ2n) is 5.09. The third-order valence-corrected chi connectivity index (χ3v) is 2.57. The number of hydrogen-bond acceptors (Lipinski definition) is 4. The molecule has 1 aromatic heterocycles. The van der Waals surface area contributed by atoms with Crippen molar-refractivity contribution < 1.29 is 19.4 Å². The molecule has 0 aliphatic carbocycles. The van der Waals surface area contributed by atoms with Crippen molar-refractivity contribution in [2.24, 2.45) is 5.92 Å². The van der Waals surface area contributed by atoms with Crippen LogP contribution in [0.5, 0.6) is 5.88 Å². The second-order valence-corrected chi connectivity index (χ2v) is 5.09. The van der Waals surface area contributed by atoms with E-state index >= 15 is 0 Å². The third kappa shape index (κ3) is 4.53. The summed E-state index contributed by atoms with van der Waals surface area (Å²) in [5.41, 5.74) is 0.299. The number of aromatic nitrogens is 1. The summed E-state index contributed by atoms with van der Waals surface area (Å²) in [5.74, 6) is -1.29. The quantitative estimate of drug-likeness (QED) is 0.828. The summed E-state index contributed by atoms with van der Waals surface area (Å²) in [6.07, 6.45) is 1.37. The number of nitrogens with zero attached hydrogens (tertiary/aromatic N) is 1. The van der Waals surface area contributed by atoms with Crippen molar-refractivity contribution in [2.75, 3.05) is 0 Å². The summed E-state index contributed by atoms with van der Waals surface area (Å²) in [4.78, 5) is 27.0. The smallest absolute Gasteiger partial charge is 0.326 e. The zero-order valence-electron chi connectivity index (χ0n) is 12.1. The minimum Gasteiger partial charge on any atom is -0.480 e. The molecule has 2 N–H and O–H groups in total. The van der Waals surface area contributed by atoms with Crippen LogP contribution < -0.4 is 10.1 Å². The molecule has 0 fully saturated rings. The van der Waals surface area contributed by atoms with E-state index in [9.17, 15) is 9.59 Å². The van der Waals surface area contributed by atoms with Crippen LogP contribution in [0.4, 0.5) is 0 Å². The summed E-state index contributed by atoms with van der Waals surface area (Å²) >= 11 is 0. The van der Waals surface area contributed by atoms with E-state index in [0.29, 0.717) is 11.4 Å². The highest BCUT2D eigenvalue weighted by molar-refractivity contribution is 5.96. The Hall–Kier alpha value is -2.11. The largest absolute Gasteiger partial charge is 0.480 e. The van der Waals surface area contributed by atoms with Gasteiger partial charge >= 0.3 is 5.97 Å². The summed E-state index contributed by atoms with van der Waals surface area (Å²) in [5, 5.41) is 11.5. The number of nitrogens with one attached hydrogen (secondary N) is 1. The molecule has 110 valence electrons. The van der Waals surface area contributed by atoms with Gasteiger partial charge in [-0.25, -0.2) is 9.78 Å². The van der Waals surface area contributed by atoms with E-state index in [1.165, 1.54) is 6.20 Å². The molecular formula is C14H20N2O4. The molecule has 0 aromatic carbocycles. The van der Waals surface area contributed by atoms with Gasteiger partial charge in [0.15, 0.2) is 0 Å². The summed E-state index contributed by atoms with van der Waals surface area (Å²) < 4.78 is 5.37. The highest BCUT2D eigenvalue weighted by Gasteiger charge is 2.24. The van der Waals surface area contributed by atoms with E-state index in [0.717, 1.165) is 0 Å². The highest BCUT2D eigenvalue weighted by Crippen LogP contribution is 2.10. The average Bonchev–Trinajstić information content (AvgIpc) is 2.35. The highest BCUT2D eigenvalue weighted by atomic mass is 16.5. The molecule has 1 heterocycles. The lowest BCUT2D eigenvalue weighted by Gasteiger charge is -2.17. The lowest BCUT2D eigenvalue weighted by molar-refractivity contribution is -0.140. The van der Waals surface area contributed by atoms with Gasteiger partial charge in [0.05, 0.1) is 11.7 Å². The first-order chi connectivity index (χ1) is 9.31. The van der Waals surface area contributed by atoms with E-state index in [-0.39, 0.29) is 12.0 Å². The van der Waals surface area contributed by atoms with Crippen molar-refractivity contribution in [1.82, 2.24) is 10.3 Å². The molecule has 0 bridgehead atoms. The van der Waals surface area contributed by atoms with Crippen molar-refractivity contribution in [3.05, 3.63) is 23.9 Å². The zero-order valence-corrected chi connectivity index (χ0v) is 12.1. The number of carbonyl (C=O) groups is 2. The van der Waals surface area contributed by atoms with Crippen molar-refractivity contribution in [1.29, 1.82) is 0 Å². The minimum atomic E-state index is -1.05. The van der Waals surface area contributed by atoms with Gasteiger partial charge in [-0.1, -0.05) is 13.8 Å². The topological polar surface area (TPSA) is 88.5 Å². The zero-order chi connectivity index (χ0) is 15.3. The number of pyridine rings is 1. The Kier molecular flexibility index (Phi) is 5.49. The Bertz CT molecular complexity index is 469. The normalized spacial score (nSPS) is 12.3. The van der Waals surface area contributed by atoms with Crippen LogP contribution in [-0.2, 0) is 4.79 Å². The second kappa shape index (κ2) is 6.88. The number of carboxylic acids is 1. The van der Waals surface area contributed by atoms with Crippen molar-refractivity contribution in [3.8, 4) is 5.88 Å². The summed E-state index contributed by atoms with van der Waals surface area (Å²) in [6, 6.07) is 2.22. The molecule has 1 aromatic rings. The first-order valence-corrected chi connectivity index (χ1v) is 6.47. The fourth-order valence-electron chi connectivity index (χ4n) is 1.56. The van der Waals surface area contributed by atoms with E-state index in [1.54, 1.807) is 26.0 Å². The van der Waals surface area contributed by atoms with Crippen molar-refractivity contribution >= 4 is 11.9 Å². The van der Waals surface area contributed by atoms with Crippen LogP contribution in [-0.4, -0.2) is 34.1 Å². The molecule has 0 saturated heterocycles. The Morgan fingerprint density at radius 2 is 1.90 bits per heavy atom. The molecule has 0 aliphatic heterocycles. The van der Waals surface area contributed by atoms with Gasteiger partial charge in [-0.3, -0.25) is 4.79 Å². The molecule has 0 aliphatic rings. The fraction of sp³-hybridized carbons (Fsp3) is 0.500. The lowest BCUT2D eigenvalue weighted by atomic mass is 10.0. The number of hydrogen-bond donors (Lipinski definition) is 2. The number of rotatable bonds is 6. The van der Waals surface area contributed by atoms with Crippen molar-refractivity contribution in [2.45, 2.75) is 39.8 Å². The van der Waals surface area contributed by atoms with Gasteiger partial charge in [-0.15, -0.1) is 0 Å². The van der Waals surface area contributed by atoms with Gasteiger partial charge in [0, 0.05) is 12.3 Å². The van der Waals surface area contributed by atoms with Crippen molar-refractivity contribution in [3.63, 3.8) is 0 Å². The number of ether oxygens (including phenoxy) is 1. The Morgan fingerprint density at radius 1 is 1.25 bits per heavy atom. The Morgan fingerprint density at radius 3 is 2.30 bits per heavy atom. The van der Waals surface area contributed by atoms with Crippen LogP contribution >= 0.6 is 0 Å². The first kappa shape index (κ1) is 15.9. The maximum absolute atomic E-state index is 11.9. The SMILES string of the molecule is CC(C)Oc1ccc(C(=O)NC(C(=O)O)C(C)C)cn1. The molecule has 1 amide bonds. The molecule has 1 atom stereocenters. The standard InChI is InChI=1S/C14H20N2O4/c1-8(2)12(14(18)19)16-13(17)10-5-6-11(15-7-10)20-9(3)4/h5-9,12H,1-4H3,(H,16,17)(H,18,19). The molecule has 6 nitrogen and oxygen atoms in total. The molecule has 0 spiro atoms. The minimum absolute atomic E-state index is 0.000455. The predicted molar refractivity (Wildman–Crippen MR) is 73.7 cm³/mol. The summed E-state index contributed by atoms with van der Waals surface area (Å²) in [6.45, 7) is 7.22. The molecular weight excluding hydrogens is 260 g/mol. The Labute approximate surface area is 118 Å². The van der Waals surface area contributed by atoms with Gasteiger partial charge in [0.2, 0.25) is 5.88 Å². The van der Waals surface area contributed by atoms with Gasteiger partial charge in [0.1, 0.15) is 6.04 Å². The van der Waals surface area contributed by atoms with Crippen LogP contribution in [0.1, 0.15) is 38.1 Å². The molecule has 20 heavy (non-hydrogen) atoms. The molecule has 0 radical (unpaired) electrons. The van der Waals surface area contributed by atoms with E-state index < -0.39 is 17.9 Å². The Balaban J connectivity index is 2.74. The van der Waals surface area contributed by atoms with Crippen LogP contribution in [0.2, 0.25) is 0 Å². The third-order valence-electron chi connectivity index (χ3n) is 2.57. The van der Waals surface area contributed by atoms with Crippen LogP contribution in [0.3, 0.4) is 0 Å². The van der Waals surface area contributed by atoms with E-state index in [4.69, 9.17) is 9.84 Å². The van der Waals surface area contributed by atoms with Crippen LogP contribution in [0, 0.1) is 5.92 Å². The van der Waals surface area contributed by atoms with E-state index in [2.05, 4.69) is 10.3 Å². The molecule has 1 rings (SSSR count). The van der Waals surface area contributed by atoms with Crippen LogP contribution in [0.15, 0.2) is 18.3 Å². The van der Waals surface area contributed by atoms with Gasteiger partial charge < -0.3 is 15.2 Å².